The van der Waals surface area contributed by atoms with Gasteiger partial charge in [-0.15, -0.1) is 0 Å². The van der Waals surface area contributed by atoms with E-state index in [4.69, 9.17) is 10.5 Å². The third-order valence-electron chi connectivity index (χ3n) is 4.39. The Morgan fingerprint density at radius 3 is 2.61 bits per heavy atom. The maximum absolute atomic E-state index is 13.5. The van der Waals surface area contributed by atoms with Gasteiger partial charge in [0, 0.05) is 19.0 Å². The zero-order valence-electron chi connectivity index (χ0n) is 17.2. The molecule has 0 radical (unpaired) electrons. The topological polar surface area (TPSA) is 95.7 Å². The average Bonchev–Trinajstić information content (AvgIpc) is 3.12. The lowest BCUT2D eigenvalue weighted by Crippen LogP contribution is -2.28. The summed E-state index contributed by atoms with van der Waals surface area (Å²) in [5.74, 6) is -0.362. The Labute approximate surface area is 176 Å². The molecule has 0 saturated carbocycles. The van der Waals surface area contributed by atoms with Crippen molar-refractivity contribution in [2.45, 2.75) is 12.7 Å². The second-order valence-electron chi connectivity index (χ2n) is 7.12. The van der Waals surface area contributed by atoms with E-state index in [1.165, 1.54) is 13.1 Å². The van der Waals surface area contributed by atoms with Gasteiger partial charge in [0.2, 0.25) is 0 Å². The molecule has 0 atom stereocenters. The summed E-state index contributed by atoms with van der Waals surface area (Å²) < 4.78 is 46.4. The van der Waals surface area contributed by atoms with Gasteiger partial charge in [0.05, 0.1) is 11.1 Å². The Morgan fingerprint density at radius 1 is 1.23 bits per heavy atom. The van der Waals surface area contributed by atoms with Crippen LogP contribution in [-0.2, 0) is 12.7 Å². The number of carbonyl (C=O) groups excluding carboxylic acids is 1. The molecule has 31 heavy (non-hydrogen) atoms. The number of fused-ring (bicyclic) bond motifs is 1. The number of hydrogen-bond donors (Lipinski definition) is 3. The number of H-pyrrole nitrogens is 1. The number of carbonyl (C=O) groups is 1. The number of amides is 1. The molecule has 1 amide bonds. The van der Waals surface area contributed by atoms with Crippen molar-refractivity contribution in [1.29, 1.82) is 0 Å². The third kappa shape index (κ3) is 5.15. The van der Waals surface area contributed by atoms with E-state index in [-0.39, 0.29) is 28.3 Å². The number of guanidine groups is 1. The van der Waals surface area contributed by atoms with Crippen LogP contribution in [0, 0.1) is 0 Å². The molecule has 0 aliphatic carbocycles. The predicted octanol–water partition coefficient (Wildman–Crippen LogP) is 3.71. The highest BCUT2D eigenvalue weighted by Crippen LogP contribution is 2.40. The Hall–Kier alpha value is -3.53. The fraction of sp³-hybridized carbons (Fsp3) is 0.238. The molecule has 0 spiro atoms. The van der Waals surface area contributed by atoms with Crippen LogP contribution in [0.25, 0.3) is 10.9 Å². The number of hydrogen-bond acceptors (Lipinski definition) is 3. The van der Waals surface area contributed by atoms with E-state index in [0.29, 0.717) is 12.3 Å². The van der Waals surface area contributed by atoms with Crippen LogP contribution in [0.3, 0.4) is 0 Å². The van der Waals surface area contributed by atoms with Crippen molar-refractivity contribution in [3.63, 3.8) is 0 Å². The Balaban J connectivity index is 2.07. The number of nitrogens with two attached hydrogens (primary N) is 1. The number of nitrogens with zero attached hydrogens (tertiary/aromatic N) is 2. The van der Waals surface area contributed by atoms with Crippen LogP contribution in [-0.4, -0.2) is 42.9 Å². The van der Waals surface area contributed by atoms with E-state index in [0.717, 1.165) is 17.7 Å². The highest BCUT2D eigenvalue weighted by atomic mass is 19.4. The lowest BCUT2D eigenvalue weighted by atomic mass is 10.1. The standard InChI is InChI=1S/C21H22F3N5O2/c1-26-20(25)28-19(30)16-10-14-15(21(22,23)24)7-8-17(18(14)27-16)31-13-6-4-5-12(9-13)11-29(2)3/h4-10,27H,11H2,1-3H3,(H3,25,26,28,30). The number of ether oxygens (including phenoxy) is 1. The van der Waals surface area contributed by atoms with Gasteiger partial charge in [-0.2, -0.15) is 18.2 Å². The summed E-state index contributed by atoms with van der Waals surface area (Å²) in [7, 11) is 5.32. The first-order valence-corrected chi connectivity index (χ1v) is 9.29. The minimum absolute atomic E-state index is 0.0365. The summed E-state index contributed by atoms with van der Waals surface area (Å²) in [6.45, 7) is 0.672. The lowest BCUT2D eigenvalue weighted by molar-refractivity contribution is -0.136. The summed E-state index contributed by atoms with van der Waals surface area (Å²) >= 11 is 0. The number of nitrogens with one attached hydrogen (secondary N) is 2. The zero-order valence-corrected chi connectivity index (χ0v) is 17.2. The number of aliphatic imine (C=N–C) groups is 1. The molecule has 164 valence electrons. The predicted molar refractivity (Wildman–Crippen MR) is 112 cm³/mol. The number of benzene rings is 2. The van der Waals surface area contributed by atoms with Gasteiger partial charge in [0.1, 0.15) is 11.4 Å². The maximum Gasteiger partial charge on any atom is 0.417 e. The van der Waals surface area contributed by atoms with Crippen molar-refractivity contribution in [2.75, 3.05) is 21.1 Å². The molecule has 2 aromatic carbocycles. The van der Waals surface area contributed by atoms with Crippen molar-refractivity contribution in [2.24, 2.45) is 10.7 Å². The third-order valence-corrected chi connectivity index (χ3v) is 4.39. The zero-order chi connectivity index (χ0) is 22.8. The van der Waals surface area contributed by atoms with Crippen LogP contribution in [0.5, 0.6) is 11.5 Å². The largest absolute Gasteiger partial charge is 0.455 e. The molecule has 0 aliphatic heterocycles. The van der Waals surface area contributed by atoms with E-state index in [1.807, 2.05) is 25.1 Å². The van der Waals surface area contributed by atoms with Gasteiger partial charge in [-0.3, -0.25) is 4.79 Å². The van der Waals surface area contributed by atoms with Crippen molar-refractivity contribution in [1.82, 2.24) is 15.2 Å². The summed E-state index contributed by atoms with van der Waals surface area (Å²) in [6, 6.07) is 10.5. The van der Waals surface area contributed by atoms with Crippen molar-refractivity contribution < 1.29 is 22.7 Å². The number of aromatic nitrogens is 1. The van der Waals surface area contributed by atoms with Crippen molar-refractivity contribution in [3.05, 3.63) is 59.3 Å². The van der Waals surface area contributed by atoms with Gasteiger partial charge in [0.15, 0.2) is 11.7 Å². The van der Waals surface area contributed by atoms with Gasteiger partial charge >= 0.3 is 6.18 Å². The minimum atomic E-state index is -4.61. The van der Waals surface area contributed by atoms with Crippen molar-refractivity contribution >= 4 is 22.8 Å². The molecule has 0 bridgehead atoms. The van der Waals surface area contributed by atoms with Crippen LogP contribution < -0.4 is 15.8 Å². The fourth-order valence-corrected chi connectivity index (χ4v) is 3.07. The molecular formula is C21H22F3N5O2. The summed E-state index contributed by atoms with van der Waals surface area (Å²) in [6.07, 6.45) is -4.61. The number of aromatic amines is 1. The first kappa shape index (κ1) is 22.2. The number of alkyl halides is 3. The Bertz CT molecular complexity index is 1140. The van der Waals surface area contributed by atoms with Gasteiger partial charge in [-0.1, -0.05) is 12.1 Å². The molecule has 0 aliphatic rings. The molecule has 1 aromatic heterocycles. The first-order valence-electron chi connectivity index (χ1n) is 9.29. The number of rotatable bonds is 5. The quantitative estimate of drug-likeness (QED) is 0.421. The molecule has 7 nitrogen and oxygen atoms in total. The first-order chi connectivity index (χ1) is 14.6. The molecule has 4 N–H and O–H groups in total. The SMILES string of the molecule is CNC(N)=NC(=O)c1cc2c(C(F)(F)F)ccc(Oc3cccc(CN(C)C)c3)c2[nH]1. The second kappa shape index (κ2) is 8.68. The van der Waals surface area contributed by atoms with Gasteiger partial charge in [-0.05, 0) is 50.0 Å². The molecule has 0 saturated heterocycles. The van der Waals surface area contributed by atoms with Crippen molar-refractivity contribution in [3.8, 4) is 11.5 Å². The second-order valence-corrected chi connectivity index (χ2v) is 7.12. The smallest absolute Gasteiger partial charge is 0.417 e. The van der Waals surface area contributed by atoms with Crippen LogP contribution in [0.4, 0.5) is 13.2 Å². The highest BCUT2D eigenvalue weighted by molar-refractivity contribution is 6.05. The van der Waals surface area contributed by atoms with E-state index < -0.39 is 17.6 Å². The van der Waals surface area contributed by atoms with Gasteiger partial charge in [-0.25, -0.2) is 0 Å². The fourth-order valence-electron chi connectivity index (χ4n) is 3.07. The average molecular weight is 433 g/mol. The Morgan fingerprint density at radius 2 is 1.97 bits per heavy atom. The van der Waals surface area contributed by atoms with Gasteiger partial charge in [0.25, 0.3) is 5.91 Å². The normalized spacial score (nSPS) is 12.4. The molecular weight excluding hydrogens is 411 g/mol. The molecule has 0 unspecified atom stereocenters. The van der Waals surface area contributed by atoms with E-state index in [1.54, 1.807) is 18.2 Å². The highest BCUT2D eigenvalue weighted by Gasteiger charge is 2.34. The minimum Gasteiger partial charge on any atom is -0.455 e. The summed E-state index contributed by atoms with van der Waals surface area (Å²) in [4.78, 5) is 20.6. The molecule has 3 rings (SSSR count). The summed E-state index contributed by atoms with van der Waals surface area (Å²) in [5, 5.41) is 2.28. The van der Waals surface area contributed by atoms with Crippen LogP contribution >= 0.6 is 0 Å². The molecule has 3 aromatic rings. The Kier molecular flexibility index (Phi) is 6.21. The molecule has 10 heteroatoms. The maximum atomic E-state index is 13.5. The number of halogens is 3. The van der Waals surface area contributed by atoms with E-state index >= 15 is 0 Å². The summed E-state index contributed by atoms with van der Waals surface area (Å²) in [5.41, 5.74) is 5.46. The van der Waals surface area contributed by atoms with Crippen LogP contribution in [0.1, 0.15) is 21.6 Å². The van der Waals surface area contributed by atoms with Gasteiger partial charge < -0.3 is 25.7 Å². The van der Waals surface area contributed by atoms with Crippen LogP contribution in [0.2, 0.25) is 0 Å². The molecule has 1 heterocycles. The van der Waals surface area contributed by atoms with E-state index in [2.05, 4.69) is 15.3 Å². The van der Waals surface area contributed by atoms with Crippen LogP contribution in [0.15, 0.2) is 47.5 Å². The van der Waals surface area contributed by atoms with E-state index in [9.17, 15) is 18.0 Å². The molecule has 0 fully saturated rings. The monoisotopic (exact) mass is 433 g/mol. The lowest BCUT2D eigenvalue weighted by Gasteiger charge is -2.13.